The molecule has 6 heteroatoms. The number of carbonyl (C=O) groups is 2. The number of anilines is 1. The predicted molar refractivity (Wildman–Crippen MR) is 69.3 cm³/mol. The number of hydrogen-bond acceptors (Lipinski definition) is 3. The zero-order chi connectivity index (χ0) is 14.1. The van der Waals surface area contributed by atoms with Crippen LogP contribution in [-0.2, 0) is 9.53 Å². The van der Waals surface area contributed by atoms with E-state index in [0.29, 0.717) is 25.3 Å². The summed E-state index contributed by atoms with van der Waals surface area (Å²) in [6.45, 7) is 2.47. The summed E-state index contributed by atoms with van der Waals surface area (Å²) >= 11 is 0. The van der Waals surface area contributed by atoms with Crippen molar-refractivity contribution < 1.29 is 18.7 Å². The molecule has 0 aliphatic rings. The van der Waals surface area contributed by atoms with Crippen molar-refractivity contribution in [3.05, 3.63) is 30.1 Å². The molecule has 0 aliphatic heterocycles. The van der Waals surface area contributed by atoms with Crippen molar-refractivity contribution in [2.45, 2.75) is 19.8 Å². The molecule has 2 amide bonds. The van der Waals surface area contributed by atoms with E-state index in [-0.39, 0.29) is 18.2 Å². The molecule has 5 nitrogen and oxygen atoms in total. The summed E-state index contributed by atoms with van der Waals surface area (Å²) in [7, 11) is 0. The van der Waals surface area contributed by atoms with Crippen LogP contribution in [0.25, 0.3) is 0 Å². The third-order valence-corrected chi connectivity index (χ3v) is 2.25. The molecule has 2 N–H and O–H groups in total. The van der Waals surface area contributed by atoms with Crippen LogP contribution >= 0.6 is 0 Å². The SMILES string of the molecule is CCOC(=O)CCCNC(=O)Nc1ccc(F)cc1. The molecule has 1 rings (SSSR count). The maximum atomic E-state index is 12.6. The molecule has 0 saturated carbocycles. The van der Waals surface area contributed by atoms with Gasteiger partial charge >= 0.3 is 12.0 Å². The lowest BCUT2D eigenvalue weighted by atomic mass is 10.3. The molecule has 104 valence electrons. The zero-order valence-electron chi connectivity index (χ0n) is 10.7. The summed E-state index contributed by atoms with van der Waals surface area (Å²) in [5, 5.41) is 5.14. The van der Waals surface area contributed by atoms with Crippen molar-refractivity contribution in [3.63, 3.8) is 0 Å². The standard InChI is InChI=1S/C13H17FN2O3/c1-2-19-12(17)4-3-9-15-13(18)16-11-7-5-10(14)6-8-11/h5-8H,2-4,9H2,1H3,(H2,15,16,18). The van der Waals surface area contributed by atoms with Gasteiger partial charge in [-0.1, -0.05) is 0 Å². The monoisotopic (exact) mass is 268 g/mol. The van der Waals surface area contributed by atoms with Gasteiger partial charge in [0.15, 0.2) is 0 Å². The van der Waals surface area contributed by atoms with E-state index >= 15 is 0 Å². The highest BCUT2D eigenvalue weighted by molar-refractivity contribution is 5.89. The van der Waals surface area contributed by atoms with Gasteiger partial charge in [-0.3, -0.25) is 4.79 Å². The number of nitrogens with one attached hydrogen (secondary N) is 2. The molecule has 19 heavy (non-hydrogen) atoms. The number of hydrogen-bond donors (Lipinski definition) is 2. The fraction of sp³-hybridized carbons (Fsp3) is 0.385. The molecule has 0 fully saturated rings. The number of carbonyl (C=O) groups excluding carboxylic acids is 2. The van der Waals surface area contributed by atoms with E-state index in [1.165, 1.54) is 24.3 Å². The lowest BCUT2D eigenvalue weighted by molar-refractivity contribution is -0.143. The fourth-order valence-corrected chi connectivity index (χ4v) is 1.38. The molecule has 1 aromatic rings. The van der Waals surface area contributed by atoms with Crippen LogP contribution in [0.2, 0.25) is 0 Å². The highest BCUT2D eigenvalue weighted by Gasteiger charge is 2.03. The number of rotatable bonds is 6. The van der Waals surface area contributed by atoms with Crippen LogP contribution in [0.4, 0.5) is 14.9 Å². The second-order valence-electron chi connectivity index (χ2n) is 3.80. The number of esters is 1. The Bertz CT molecular complexity index is 420. The Morgan fingerprint density at radius 3 is 2.58 bits per heavy atom. The van der Waals surface area contributed by atoms with Gasteiger partial charge in [0.2, 0.25) is 0 Å². The molecule has 0 aliphatic carbocycles. The number of halogens is 1. The normalized spacial score (nSPS) is 9.79. The molecular formula is C13H17FN2O3. The first-order valence-electron chi connectivity index (χ1n) is 6.08. The summed E-state index contributed by atoms with van der Waals surface area (Å²) in [5.74, 6) is -0.636. The maximum Gasteiger partial charge on any atom is 0.319 e. The van der Waals surface area contributed by atoms with Gasteiger partial charge in [-0.25, -0.2) is 9.18 Å². The molecular weight excluding hydrogens is 251 g/mol. The lowest BCUT2D eigenvalue weighted by Gasteiger charge is -2.07. The van der Waals surface area contributed by atoms with Gasteiger partial charge in [0, 0.05) is 18.7 Å². The first-order valence-corrected chi connectivity index (χ1v) is 6.08. The quantitative estimate of drug-likeness (QED) is 0.614. The Morgan fingerprint density at radius 1 is 1.26 bits per heavy atom. The van der Waals surface area contributed by atoms with E-state index in [0.717, 1.165) is 0 Å². The number of benzene rings is 1. The Morgan fingerprint density at radius 2 is 1.95 bits per heavy atom. The predicted octanol–water partition coefficient (Wildman–Crippen LogP) is 2.29. The van der Waals surface area contributed by atoms with Crippen molar-refractivity contribution in [2.24, 2.45) is 0 Å². The number of ether oxygens (including phenoxy) is 1. The fourth-order valence-electron chi connectivity index (χ4n) is 1.38. The summed E-state index contributed by atoms with van der Waals surface area (Å²) in [5.41, 5.74) is 0.504. The van der Waals surface area contributed by atoms with Gasteiger partial charge in [0.1, 0.15) is 5.82 Å². The first-order chi connectivity index (χ1) is 9.11. The number of amides is 2. The zero-order valence-corrected chi connectivity index (χ0v) is 10.7. The molecule has 0 saturated heterocycles. The van der Waals surface area contributed by atoms with Crippen molar-refractivity contribution in [1.29, 1.82) is 0 Å². The van der Waals surface area contributed by atoms with E-state index < -0.39 is 6.03 Å². The third kappa shape index (κ3) is 6.40. The molecule has 0 bridgehead atoms. The third-order valence-electron chi connectivity index (χ3n) is 2.25. The highest BCUT2D eigenvalue weighted by Crippen LogP contribution is 2.07. The molecule has 0 radical (unpaired) electrons. The molecule has 0 unspecified atom stereocenters. The van der Waals surface area contributed by atoms with E-state index in [9.17, 15) is 14.0 Å². The minimum atomic E-state index is -0.393. The Balaban J connectivity index is 2.18. The van der Waals surface area contributed by atoms with Crippen molar-refractivity contribution >= 4 is 17.7 Å². The average Bonchev–Trinajstić information content (AvgIpc) is 2.38. The van der Waals surface area contributed by atoms with E-state index in [1.54, 1.807) is 6.92 Å². The van der Waals surface area contributed by atoms with Crippen LogP contribution in [-0.4, -0.2) is 25.2 Å². The highest BCUT2D eigenvalue weighted by atomic mass is 19.1. The smallest absolute Gasteiger partial charge is 0.319 e. The van der Waals surface area contributed by atoms with Gasteiger partial charge < -0.3 is 15.4 Å². The number of urea groups is 1. The minimum Gasteiger partial charge on any atom is -0.466 e. The van der Waals surface area contributed by atoms with Gasteiger partial charge in [-0.15, -0.1) is 0 Å². The molecule has 0 aromatic heterocycles. The van der Waals surface area contributed by atoms with Crippen LogP contribution < -0.4 is 10.6 Å². The summed E-state index contributed by atoms with van der Waals surface area (Å²) in [6, 6.07) is 5.06. The Kier molecular flexibility index (Phi) is 6.35. The summed E-state index contributed by atoms with van der Waals surface area (Å²) in [6.07, 6.45) is 0.778. The van der Waals surface area contributed by atoms with Gasteiger partial charge in [-0.05, 0) is 37.6 Å². The lowest BCUT2D eigenvalue weighted by Crippen LogP contribution is -2.29. The second kappa shape index (κ2) is 8.07. The van der Waals surface area contributed by atoms with E-state index in [2.05, 4.69) is 10.6 Å². The molecule has 0 atom stereocenters. The van der Waals surface area contributed by atoms with Gasteiger partial charge in [0.25, 0.3) is 0 Å². The van der Waals surface area contributed by atoms with E-state index in [1.807, 2.05) is 0 Å². The minimum absolute atomic E-state index is 0.269. The molecule has 0 heterocycles. The summed E-state index contributed by atoms with van der Waals surface area (Å²) in [4.78, 5) is 22.5. The van der Waals surface area contributed by atoms with Crippen LogP contribution in [0.5, 0.6) is 0 Å². The van der Waals surface area contributed by atoms with E-state index in [4.69, 9.17) is 4.74 Å². The molecule has 1 aromatic carbocycles. The maximum absolute atomic E-state index is 12.6. The Labute approximate surface area is 111 Å². The summed E-state index contributed by atoms with van der Waals surface area (Å²) < 4.78 is 17.4. The van der Waals surface area contributed by atoms with Crippen LogP contribution in [0.15, 0.2) is 24.3 Å². The van der Waals surface area contributed by atoms with Crippen LogP contribution in [0.1, 0.15) is 19.8 Å². The first kappa shape index (κ1) is 14.9. The van der Waals surface area contributed by atoms with Crippen LogP contribution in [0.3, 0.4) is 0 Å². The second-order valence-corrected chi connectivity index (χ2v) is 3.80. The van der Waals surface area contributed by atoms with Crippen molar-refractivity contribution in [1.82, 2.24) is 5.32 Å². The Hall–Kier alpha value is -2.11. The van der Waals surface area contributed by atoms with Crippen LogP contribution in [0, 0.1) is 5.82 Å². The largest absolute Gasteiger partial charge is 0.466 e. The topological polar surface area (TPSA) is 67.4 Å². The van der Waals surface area contributed by atoms with Crippen molar-refractivity contribution in [2.75, 3.05) is 18.5 Å². The molecule has 0 spiro atoms. The van der Waals surface area contributed by atoms with Gasteiger partial charge in [0.05, 0.1) is 6.61 Å². The van der Waals surface area contributed by atoms with Crippen molar-refractivity contribution in [3.8, 4) is 0 Å². The van der Waals surface area contributed by atoms with Gasteiger partial charge in [-0.2, -0.15) is 0 Å². The average molecular weight is 268 g/mol.